The van der Waals surface area contributed by atoms with Crippen LogP contribution in [0.25, 0.3) is 0 Å². The first-order chi connectivity index (χ1) is 12.5. The Balaban J connectivity index is 0. The Labute approximate surface area is 180 Å². The molecule has 0 saturated heterocycles. The summed E-state index contributed by atoms with van der Waals surface area (Å²) in [6.45, 7) is 4.65. The van der Waals surface area contributed by atoms with E-state index >= 15 is 0 Å². The second-order valence-electron chi connectivity index (χ2n) is 9.62. The summed E-state index contributed by atoms with van der Waals surface area (Å²) in [5, 5.41) is 0. The van der Waals surface area contributed by atoms with Crippen LogP contribution in [0.15, 0.2) is 0 Å². The van der Waals surface area contributed by atoms with Crippen LogP contribution in [0.4, 0.5) is 0 Å². The summed E-state index contributed by atoms with van der Waals surface area (Å²) in [7, 11) is 7.05. The third kappa shape index (κ3) is 20.8. The van der Waals surface area contributed by atoms with Crippen molar-refractivity contribution >= 4 is 0 Å². The lowest BCUT2D eigenvalue weighted by atomic mass is 10.0. The number of hydrogen-bond donors (Lipinski definition) is 0. The van der Waals surface area contributed by atoms with E-state index in [0.29, 0.717) is 0 Å². The van der Waals surface area contributed by atoms with Crippen LogP contribution in [0, 0.1) is 0 Å². The standard InChI is InChI=1S/C25H54N.ClH/c1-6-8-9-10-11-12-13-14-15-16-17-18-19-20-21-22-23-24-25(7-2)26(3,4)5;/h25H,6-24H2,1-5H3;1H/q+1;/p-1. The van der Waals surface area contributed by atoms with Crippen molar-refractivity contribution in [2.75, 3.05) is 21.1 Å². The van der Waals surface area contributed by atoms with Gasteiger partial charge in [-0.1, -0.05) is 117 Å². The summed E-state index contributed by atoms with van der Waals surface area (Å²) in [4.78, 5) is 0. The summed E-state index contributed by atoms with van der Waals surface area (Å²) in [6.07, 6.45) is 27.6. The fraction of sp³-hybridized carbons (Fsp3) is 1.00. The zero-order chi connectivity index (χ0) is 19.5. The Morgan fingerprint density at radius 2 is 0.778 bits per heavy atom. The minimum Gasteiger partial charge on any atom is -1.00 e. The predicted molar refractivity (Wildman–Crippen MR) is 121 cm³/mol. The van der Waals surface area contributed by atoms with E-state index in [0.717, 1.165) is 10.5 Å². The summed E-state index contributed by atoms with van der Waals surface area (Å²) >= 11 is 0. The number of halogens is 1. The number of rotatable bonds is 20. The van der Waals surface area contributed by atoms with Gasteiger partial charge < -0.3 is 16.9 Å². The quantitative estimate of drug-likeness (QED) is 0.185. The summed E-state index contributed by atoms with van der Waals surface area (Å²) in [5.74, 6) is 0. The smallest absolute Gasteiger partial charge is 0.0881 e. The third-order valence-corrected chi connectivity index (χ3v) is 6.21. The molecule has 166 valence electrons. The molecule has 0 N–H and O–H groups in total. The molecule has 1 nitrogen and oxygen atoms in total. The molecule has 0 spiro atoms. The molecule has 0 aromatic heterocycles. The second-order valence-corrected chi connectivity index (χ2v) is 9.62. The molecule has 0 saturated carbocycles. The minimum atomic E-state index is 0. The van der Waals surface area contributed by atoms with Crippen molar-refractivity contribution in [3.05, 3.63) is 0 Å². The molecular weight excluding hydrogens is 350 g/mol. The maximum Gasteiger partial charge on any atom is 0.0881 e. The lowest BCUT2D eigenvalue weighted by molar-refractivity contribution is -0.896. The van der Waals surface area contributed by atoms with Gasteiger partial charge >= 0.3 is 0 Å². The van der Waals surface area contributed by atoms with Crippen molar-refractivity contribution in [2.45, 2.75) is 142 Å². The van der Waals surface area contributed by atoms with Crippen molar-refractivity contribution in [3.8, 4) is 0 Å². The lowest BCUT2D eigenvalue weighted by Crippen LogP contribution is -3.00. The second kappa shape index (κ2) is 21.0. The molecule has 0 rings (SSSR count). The molecule has 0 aromatic rings. The van der Waals surface area contributed by atoms with Crippen LogP contribution >= 0.6 is 0 Å². The van der Waals surface area contributed by atoms with Crippen LogP contribution in [0.3, 0.4) is 0 Å². The average Bonchev–Trinajstić information content (AvgIpc) is 2.59. The summed E-state index contributed by atoms with van der Waals surface area (Å²) in [6, 6.07) is 0.853. The molecule has 0 radical (unpaired) electrons. The van der Waals surface area contributed by atoms with Crippen molar-refractivity contribution < 1.29 is 16.9 Å². The van der Waals surface area contributed by atoms with Gasteiger partial charge in [-0.05, 0) is 19.3 Å². The predicted octanol–water partition coefficient (Wildman–Crippen LogP) is 5.52. The van der Waals surface area contributed by atoms with E-state index in [2.05, 4.69) is 35.0 Å². The van der Waals surface area contributed by atoms with Gasteiger partial charge in [0.15, 0.2) is 0 Å². The molecule has 0 aliphatic heterocycles. The Morgan fingerprint density at radius 3 is 1.04 bits per heavy atom. The van der Waals surface area contributed by atoms with Crippen LogP contribution in [-0.4, -0.2) is 31.7 Å². The largest absolute Gasteiger partial charge is 1.00 e. The fourth-order valence-corrected chi connectivity index (χ4v) is 4.24. The van der Waals surface area contributed by atoms with Crippen LogP contribution in [-0.2, 0) is 0 Å². The highest BCUT2D eigenvalue weighted by molar-refractivity contribution is 4.56. The summed E-state index contributed by atoms with van der Waals surface area (Å²) < 4.78 is 1.13. The lowest BCUT2D eigenvalue weighted by Gasteiger charge is -2.33. The molecule has 0 aliphatic rings. The zero-order valence-corrected chi connectivity index (χ0v) is 20.6. The van der Waals surface area contributed by atoms with E-state index in [1.54, 1.807) is 0 Å². The van der Waals surface area contributed by atoms with E-state index in [1.807, 2.05) is 0 Å². The highest BCUT2D eigenvalue weighted by Gasteiger charge is 2.20. The van der Waals surface area contributed by atoms with Crippen LogP contribution in [0.1, 0.15) is 136 Å². The Bertz CT molecular complexity index is 272. The molecule has 27 heavy (non-hydrogen) atoms. The monoisotopic (exact) mass is 403 g/mol. The number of nitrogens with zero attached hydrogens (tertiary/aromatic N) is 1. The Hall–Kier alpha value is 0.250. The van der Waals surface area contributed by atoms with Crippen molar-refractivity contribution in [3.63, 3.8) is 0 Å². The van der Waals surface area contributed by atoms with Crippen molar-refractivity contribution in [1.29, 1.82) is 0 Å². The first kappa shape index (κ1) is 29.5. The molecule has 0 bridgehead atoms. The van der Waals surface area contributed by atoms with E-state index in [4.69, 9.17) is 0 Å². The molecule has 0 aliphatic carbocycles. The van der Waals surface area contributed by atoms with Gasteiger partial charge in [-0.15, -0.1) is 0 Å². The maximum atomic E-state index is 2.35. The van der Waals surface area contributed by atoms with Gasteiger partial charge in [0.05, 0.1) is 27.2 Å². The van der Waals surface area contributed by atoms with Gasteiger partial charge in [-0.2, -0.15) is 0 Å². The average molecular weight is 404 g/mol. The van der Waals surface area contributed by atoms with E-state index < -0.39 is 0 Å². The summed E-state index contributed by atoms with van der Waals surface area (Å²) in [5.41, 5.74) is 0. The fourth-order valence-electron chi connectivity index (χ4n) is 4.24. The number of quaternary nitrogens is 1. The number of hydrogen-bond acceptors (Lipinski definition) is 0. The molecule has 0 fully saturated rings. The molecule has 0 amide bonds. The minimum absolute atomic E-state index is 0. The Kier molecular flexibility index (Phi) is 22.9. The van der Waals surface area contributed by atoms with Gasteiger partial charge in [-0.3, -0.25) is 0 Å². The van der Waals surface area contributed by atoms with Gasteiger partial charge in [-0.25, -0.2) is 0 Å². The zero-order valence-electron chi connectivity index (χ0n) is 19.8. The van der Waals surface area contributed by atoms with Crippen LogP contribution < -0.4 is 12.4 Å². The third-order valence-electron chi connectivity index (χ3n) is 6.21. The maximum absolute atomic E-state index is 2.35. The topological polar surface area (TPSA) is 0 Å². The highest BCUT2D eigenvalue weighted by atomic mass is 35.5. The van der Waals surface area contributed by atoms with Crippen LogP contribution in [0.5, 0.6) is 0 Å². The molecular formula is C25H54ClN. The Morgan fingerprint density at radius 1 is 0.481 bits per heavy atom. The van der Waals surface area contributed by atoms with E-state index in [1.165, 1.54) is 122 Å². The van der Waals surface area contributed by atoms with Gasteiger partial charge in [0.1, 0.15) is 0 Å². The van der Waals surface area contributed by atoms with Gasteiger partial charge in [0.2, 0.25) is 0 Å². The molecule has 0 aromatic carbocycles. The van der Waals surface area contributed by atoms with Gasteiger partial charge in [0.25, 0.3) is 0 Å². The van der Waals surface area contributed by atoms with E-state index in [9.17, 15) is 0 Å². The molecule has 2 heteroatoms. The van der Waals surface area contributed by atoms with Crippen molar-refractivity contribution in [2.24, 2.45) is 0 Å². The molecule has 1 atom stereocenters. The normalized spacial score (nSPS) is 12.8. The molecule has 0 heterocycles. The van der Waals surface area contributed by atoms with Gasteiger partial charge in [0, 0.05) is 0 Å². The SMILES string of the molecule is CCCCCCCCCCCCCCCCCCCC(CC)[N+](C)(C)C.[Cl-]. The van der Waals surface area contributed by atoms with Crippen LogP contribution in [0.2, 0.25) is 0 Å². The highest BCUT2D eigenvalue weighted by Crippen LogP contribution is 2.17. The van der Waals surface area contributed by atoms with E-state index in [-0.39, 0.29) is 12.4 Å². The molecule has 1 unspecified atom stereocenters. The number of unbranched alkanes of at least 4 members (excludes halogenated alkanes) is 16. The first-order valence-electron chi connectivity index (χ1n) is 12.3. The van der Waals surface area contributed by atoms with Crippen molar-refractivity contribution in [1.82, 2.24) is 0 Å². The first-order valence-corrected chi connectivity index (χ1v) is 12.3.